The lowest BCUT2D eigenvalue weighted by molar-refractivity contribution is 0.0729. The number of hydrogen-bond acceptors (Lipinski definition) is 5. The predicted octanol–water partition coefficient (Wildman–Crippen LogP) is 2.99. The van der Waals surface area contributed by atoms with Crippen molar-refractivity contribution in [1.82, 2.24) is 25.1 Å². The van der Waals surface area contributed by atoms with Gasteiger partial charge in [-0.1, -0.05) is 0 Å². The molecule has 1 amide bonds. The van der Waals surface area contributed by atoms with Crippen molar-refractivity contribution in [3.8, 4) is 17.3 Å². The van der Waals surface area contributed by atoms with Gasteiger partial charge in [-0.25, -0.2) is 14.4 Å². The summed E-state index contributed by atoms with van der Waals surface area (Å²) < 4.78 is 18.1. The number of carbonyl (C=O) groups is 1. The van der Waals surface area contributed by atoms with Gasteiger partial charge in [0.2, 0.25) is 5.88 Å². The molecule has 27 heavy (non-hydrogen) atoms. The number of ether oxygens (including phenoxy) is 1. The van der Waals surface area contributed by atoms with Crippen molar-refractivity contribution in [2.75, 3.05) is 13.7 Å². The Labute approximate surface area is 155 Å². The number of methoxy groups -OCH3 is 1. The molecule has 1 aromatic carbocycles. The van der Waals surface area contributed by atoms with E-state index in [1.807, 2.05) is 0 Å². The Bertz CT molecular complexity index is 939. The second-order valence-corrected chi connectivity index (χ2v) is 6.30. The molecule has 0 bridgehead atoms. The number of nitrogens with zero attached hydrogens (tertiary/aromatic N) is 4. The number of pyridine rings is 1. The number of aromatic nitrogens is 4. The van der Waals surface area contributed by atoms with E-state index in [-0.39, 0.29) is 17.8 Å². The lowest BCUT2D eigenvalue weighted by Crippen LogP contribution is -2.31. The Hall–Kier alpha value is -3.29. The number of H-pyrrole nitrogens is 1. The van der Waals surface area contributed by atoms with Crippen molar-refractivity contribution in [1.29, 1.82) is 0 Å². The zero-order valence-corrected chi connectivity index (χ0v) is 14.7. The molecule has 1 atom stereocenters. The number of rotatable bonds is 4. The average Bonchev–Trinajstić information content (AvgIpc) is 3.37. The third-order valence-electron chi connectivity index (χ3n) is 4.63. The molecule has 0 unspecified atom stereocenters. The number of benzene rings is 1. The van der Waals surface area contributed by atoms with E-state index >= 15 is 0 Å². The van der Waals surface area contributed by atoms with Gasteiger partial charge in [-0.3, -0.25) is 9.89 Å². The summed E-state index contributed by atoms with van der Waals surface area (Å²) in [5.41, 5.74) is 1.22. The van der Waals surface area contributed by atoms with E-state index < -0.39 is 0 Å². The Balaban J connectivity index is 1.56. The molecule has 1 saturated heterocycles. The lowest BCUT2D eigenvalue weighted by Gasteiger charge is -2.22. The van der Waals surface area contributed by atoms with Crippen LogP contribution in [0.15, 0.2) is 42.6 Å². The van der Waals surface area contributed by atoms with Gasteiger partial charge in [0, 0.05) is 24.4 Å². The zero-order valence-electron chi connectivity index (χ0n) is 14.7. The number of carbonyl (C=O) groups excluding carboxylic acids is 1. The minimum absolute atomic E-state index is 0.104. The third-order valence-corrected chi connectivity index (χ3v) is 4.63. The Morgan fingerprint density at radius 1 is 1.26 bits per heavy atom. The first-order valence-corrected chi connectivity index (χ1v) is 8.65. The summed E-state index contributed by atoms with van der Waals surface area (Å²) in [4.78, 5) is 23.3. The van der Waals surface area contributed by atoms with Gasteiger partial charge >= 0.3 is 0 Å². The Morgan fingerprint density at radius 3 is 2.78 bits per heavy atom. The zero-order chi connectivity index (χ0) is 18.8. The van der Waals surface area contributed by atoms with Gasteiger partial charge < -0.3 is 9.64 Å². The van der Waals surface area contributed by atoms with Crippen LogP contribution in [0.25, 0.3) is 11.4 Å². The highest BCUT2D eigenvalue weighted by atomic mass is 19.1. The van der Waals surface area contributed by atoms with Crippen LogP contribution in [0.3, 0.4) is 0 Å². The lowest BCUT2D eigenvalue weighted by atomic mass is 10.2. The fourth-order valence-electron chi connectivity index (χ4n) is 3.24. The largest absolute Gasteiger partial charge is 0.481 e. The molecule has 0 spiro atoms. The highest BCUT2D eigenvalue weighted by Crippen LogP contribution is 2.32. The topological polar surface area (TPSA) is 84.0 Å². The van der Waals surface area contributed by atoms with Gasteiger partial charge in [0.25, 0.3) is 5.91 Å². The molecule has 1 aliphatic rings. The maximum absolute atomic E-state index is 13.1. The van der Waals surface area contributed by atoms with E-state index in [1.165, 1.54) is 25.4 Å². The molecule has 1 aliphatic heterocycles. The van der Waals surface area contributed by atoms with E-state index in [0.29, 0.717) is 35.2 Å². The van der Waals surface area contributed by atoms with Gasteiger partial charge in [-0.05, 0) is 43.2 Å². The summed E-state index contributed by atoms with van der Waals surface area (Å²) in [6, 6.07) is 9.18. The van der Waals surface area contributed by atoms with Crippen molar-refractivity contribution in [2.24, 2.45) is 0 Å². The Kier molecular flexibility index (Phi) is 4.53. The van der Waals surface area contributed by atoms with Crippen LogP contribution in [0.4, 0.5) is 4.39 Å². The van der Waals surface area contributed by atoms with E-state index in [4.69, 9.17) is 4.74 Å². The summed E-state index contributed by atoms with van der Waals surface area (Å²) in [6.07, 6.45) is 3.20. The predicted molar refractivity (Wildman–Crippen MR) is 95.6 cm³/mol. The van der Waals surface area contributed by atoms with E-state index in [9.17, 15) is 9.18 Å². The number of hydrogen-bond donors (Lipinski definition) is 1. The van der Waals surface area contributed by atoms with Gasteiger partial charge in [-0.15, -0.1) is 0 Å². The third kappa shape index (κ3) is 3.38. The summed E-state index contributed by atoms with van der Waals surface area (Å²) in [5.74, 6) is 1.16. The van der Waals surface area contributed by atoms with Gasteiger partial charge in [0.1, 0.15) is 11.6 Å². The monoisotopic (exact) mass is 367 g/mol. The first kappa shape index (κ1) is 17.1. The minimum Gasteiger partial charge on any atom is -0.481 e. The van der Waals surface area contributed by atoms with Gasteiger partial charge in [0.05, 0.1) is 18.7 Å². The molecule has 7 nitrogen and oxygen atoms in total. The fraction of sp³-hybridized carbons (Fsp3) is 0.263. The molecule has 2 aromatic heterocycles. The molecule has 0 radical (unpaired) electrons. The van der Waals surface area contributed by atoms with E-state index in [2.05, 4.69) is 20.2 Å². The summed E-state index contributed by atoms with van der Waals surface area (Å²) in [5, 5.41) is 7.16. The number of amides is 1. The molecule has 8 heteroatoms. The standard InChI is InChI=1S/C19H18FN5O2/c1-27-16-9-6-13(11-21-16)19(26)25-10-2-3-15(25)18-22-17(23-24-18)12-4-7-14(20)8-5-12/h4-9,11,15H,2-3,10H2,1H3,(H,22,23,24)/t15-/m0/s1. The Morgan fingerprint density at radius 2 is 2.07 bits per heavy atom. The number of halogens is 1. The fourth-order valence-corrected chi connectivity index (χ4v) is 3.24. The molecule has 3 aromatic rings. The van der Waals surface area contributed by atoms with E-state index in [0.717, 1.165) is 12.8 Å². The van der Waals surface area contributed by atoms with Crippen LogP contribution in [0.2, 0.25) is 0 Å². The first-order chi connectivity index (χ1) is 13.2. The number of nitrogens with one attached hydrogen (secondary N) is 1. The van der Waals surface area contributed by atoms with Crippen molar-refractivity contribution in [3.05, 3.63) is 59.8 Å². The molecular formula is C19H18FN5O2. The molecule has 1 fully saturated rings. The molecule has 3 heterocycles. The molecule has 0 saturated carbocycles. The number of likely N-dealkylation sites (tertiary alicyclic amines) is 1. The maximum Gasteiger partial charge on any atom is 0.256 e. The van der Waals surface area contributed by atoms with Crippen molar-refractivity contribution >= 4 is 5.91 Å². The molecule has 1 N–H and O–H groups in total. The second-order valence-electron chi connectivity index (χ2n) is 6.30. The number of aromatic amines is 1. The SMILES string of the molecule is COc1ccc(C(=O)N2CCC[C@H]2c2nc(-c3ccc(F)cc3)n[nH]2)cn1. The summed E-state index contributed by atoms with van der Waals surface area (Å²) in [6.45, 7) is 0.641. The average molecular weight is 367 g/mol. The molecule has 4 rings (SSSR count). The van der Waals surface area contributed by atoms with Gasteiger partial charge in [-0.2, -0.15) is 5.10 Å². The molecular weight excluding hydrogens is 349 g/mol. The van der Waals surface area contributed by atoms with Crippen LogP contribution in [-0.2, 0) is 0 Å². The highest BCUT2D eigenvalue weighted by molar-refractivity contribution is 5.94. The molecule has 138 valence electrons. The van der Waals surface area contributed by atoms with Crippen LogP contribution in [0.5, 0.6) is 5.88 Å². The molecule has 0 aliphatic carbocycles. The van der Waals surface area contributed by atoms with Crippen molar-refractivity contribution in [3.63, 3.8) is 0 Å². The maximum atomic E-state index is 13.1. The van der Waals surface area contributed by atoms with Gasteiger partial charge in [0.15, 0.2) is 5.82 Å². The first-order valence-electron chi connectivity index (χ1n) is 8.65. The van der Waals surface area contributed by atoms with Crippen molar-refractivity contribution < 1.29 is 13.9 Å². The van der Waals surface area contributed by atoms with E-state index in [1.54, 1.807) is 29.2 Å². The smallest absolute Gasteiger partial charge is 0.256 e. The van der Waals surface area contributed by atoms with Crippen LogP contribution in [0.1, 0.15) is 35.1 Å². The van der Waals surface area contributed by atoms with Crippen LogP contribution < -0.4 is 4.74 Å². The van der Waals surface area contributed by atoms with Crippen molar-refractivity contribution in [2.45, 2.75) is 18.9 Å². The van der Waals surface area contributed by atoms with Crippen LogP contribution in [0, 0.1) is 5.82 Å². The summed E-state index contributed by atoms with van der Waals surface area (Å²) >= 11 is 0. The summed E-state index contributed by atoms with van der Waals surface area (Å²) in [7, 11) is 1.53. The second kappa shape index (κ2) is 7.14. The minimum atomic E-state index is -0.310. The normalized spacial score (nSPS) is 16.5. The highest BCUT2D eigenvalue weighted by Gasteiger charge is 2.33. The van der Waals surface area contributed by atoms with Crippen LogP contribution in [-0.4, -0.2) is 44.6 Å². The quantitative estimate of drug-likeness (QED) is 0.766. The van der Waals surface area contributed by atoms with Crippen LogP contribution >= 0.6 is 0 Å².